The molecule has 2 aromatic carbocycles. The summed E-state index contributed by atoms with van der Waals surface area (Å²) < 4.78 is 15.9. The number of nitrogens with two attached hydrogens (primary N) is 1. The van der Waals surface area contributed by atoms with Crippen LogP contribution in [-0.2, 0) is 6.54 Å². The fraction of sp³-hybridized carbons (Fsp3) is 0.136. The fourth-order valence-electron chi connectivity index (χ4n) is 3.37. The summed E-state index contributed by atoms with van der Waals surface area (Å²) in [7, 11) is 0. The van der Waals surface area contributed by atoms with Crippen LogP contribution >= 0.6 is 0 Å². The van der Waals surface area contributed by atoms with Crippen LogP contribution in [0.3, 0.4) is 0 Å². The smallest absolute Gasteiger partial charge is 0.249 e. The van der Waals surface area contributed by atoms with Crippen molar-refractivity contribution in [1.82, 2.24) is 14.5 Å². The molecule has 29 heavy (non-hydrogen) atoms. The van der Waals surface area contributed by atoms with Crippen LogP contribution in [0.4, 0.5) is 10.2 Å². The molecule has 0 bridgehead atoms. The third kappa shape index (κ3) is 3.54. The van der Waals surface area contributed by atoms with Crippen LogP contribution in [-0.4, -0.2) is 20.4 Å². The van der Waals surface area contributed by atoms with Gasteiger partial charge in [0, 0.05) is 29.4 Å². The van der Waals surface area contributed by atoms with E-state index in [1.165, 1.54) is 6.07 Å². The maximum atomic E-state index is 14.1. The number of aryl methyl sites for hydroxylation is 2. The molecule has 146 valence electrons. The summed E-state index contributed by atoms with van der Waals surface area (Å²) in [6, 6.07) is 14.3. The Morgan fingerprint density at radius 1 is 1.17 bits per heavy atom. The van der Waals surface area contributed by atoms with Crippen LogP contribution in [0.15, 0.2) is 54.7 Å². The number of fused-ring (bicyclic) bond motifs is 1. The van der Waals surface area contributed by atoms with E-state index in [9.17, 15) is 9.18 Å². The molecule has 4 aromatic rings. The number of primary amides is 1. The van der Waals surface area contributed by atoms with Crippen molar-refractivity contribution in [1.29, 1.82) is 0 Å². The Balaban J connectivity index is 1.78. The molecule has 0 fully saturated rings. The summed E-state index contributed by atoms with van der Waals surface area (Å²) in [4.78, 5) is 20.8. The molecule has 3 N–H and O–H groups in total. The lowest BCUT2D eigenvalue weighted by molar-refractivity contribution is 0.100. The molecule has 0 aliphatic heterocycles. The van der Waals surface area contributed by atoms with Crippen LogP contribution in [0.25, 0.3) is 16.9 Å². The lowest BCUT2D eigenvalue weighted by Crippen LogP contribution is -2.12. The van der Waals surface area contributed by atoms with Crippen molar-refractivity contribution in [2.24, 2.45) is 5.73 Å². The second kappa shape index (κ2) is 7.35. The Labute approximate surface area is 167 Å². The van der Waals surface area contributed by atoms with Gasteiger partial charge in [0.2, 0.25) is 11.9 Å². The molecule has 0 saturated carbocycles. The van der Waals surface area contributed by atoms with Gasteiger partial charge in [-0.3, -0.25) is 9.36 Å². The minimum Gasteiger partial charge on any atom is -0.366 e. The Kier molecular flexibility index (Phi) is 4.72. The number of hydrogen-bond acceptors (Lipinski definition) is 4. The van der Waals surface area contributed by atoms with Crippen LogP contribution < -0.4 is 11.1 Å². The molecule has 4 rings (SSSR count). The highest BCUT2D eigenvalue weighted by Gasteiger charge is 2.17. The first-order valence-corrected chi connectivity index (χ1v) is 9.17. The van der Waals surface area contributed by atoms with E-state index in [1.807, 2.05) is 44.2 Å². The molecule has 0 unspecified atom stereocenters. The molecular weight excluding hydrogens is 369 g/mol. The van der Waals surface area contributed by atoms with Crippen molar-refractivity contribution < 1.29 is 9.18 Å². The first-order chi connectivity index (χ1) is 13.9. The zero-order valence-electron chi connectivity index (χ0n) is 16.1. The summed E-state index contributed by atoms with van der Waals surface area (Å²) in [5.74, 6) is -0.145. The first kappa shape index (κ1) is 18.6. The Hall–Kier alpha value is -3.74. The number of carbonyl (C=O) groups excluding carboxylic acids is 1. The van der Waals surface area contributed by atoms with Gasteiger partial charge in [0.1, 0.15) is 11.6 Å². The largest absolute Gasteiger partial charge is 0.366 e. The summed E-state index contributed by atoms with van der Waals surface area (Å²) in [6.07, 6.45) is 1.72. The molecule has 0 aliphatic carbocycles. The SMILES string of the molecule is Cc1cnc(-n2c(C)cc3c(C(N)=O)cc(F)cc32)nc1NCc1ccccc1. The molecule has 0 aliphatic rings. The van der Waals surface area contributed by atoms with E-state index in [1.54, 1.807) is 16.8 Å². The maximum absolute atomic E-state index is 14.1. The quantitative estimate of drug-likeness (QED) is 0.542. The van der Waals surface area contributed by atoms with Gasteiger partial charge >= 0.3 is 0 Å². The monoisotopic (exact) mass is 389 g/mol. The van der Waals surface area contributed by atoms with Crippen LogP contribution in [0.2, 0.25) is 0 Å². The number of nitrogens with zero attached hydrogens (tertiary/aromatic N) is 3. The number of halogens is 1. The highest BCUT2D eigenvalue weighted by atomic mass is 19.1. The average Bonchev–Trinajstić information content (AvgIpc) is 3.03. The van der Waals surface area contributed by atoms with Gasteiger partial charge < -0.3 is 11.1 Å². The van der Waals surface area contributed by atoms with Gasteiger partial charge in [-0.1, -0.05) is 30.3 Å². The first-order valence-electron chi connectivity index (χ1n) is 9.17. The van der Waals surface area contributed by atoms with E-state index >= 15 is 0 Å². The molecule has 1 amide bonds. The van der Waals surface area contributed by atoms with Crippen molar-refractivity contribution in [3.05, 3.63) is 82.9 Å². The predicted molar refractivity (Wildman–Crippen MR) is 111 cm³/mol. The van der Waals surface area contributed by atoms with E-state index in [0.29, 0.717) is 29.2 Å². The summed E-state index contributed by atoms with van der Waals surface area (Å²) >= 11 is 0. The highest BCUT2D eigenvalue weighted by molar-refractivity contribution is 6.06. The second-order valence-electron chi connectivity index (χ2n) is 6.91. The lowest BCUT2D eigenvalue weighted by atomic mass is 10.1. The fourth-order valence-corrected chi connectivity index (χ4v) is 3.37. The number of anilines is 1. The van der Waals surface area contributed by atoms with Crippen molar-refractivity contribution in [2.75, 3.05) is 5.32 Å². The van der Waals surface area contributed by atoms with Gasteiger partial charge in [-0.15, -0.1) is 0 Å². The Bertz CT molecular complexity index is 1220. The normalized spacial score (nSPS) is 11.0. The van der Waals surface area contributed by atoms with Gasteiger partial charge in [0.25, 0.3) is 0 Å². The molecule has 2 heterocycles. The van der Waals surface area contributed by atoms with Crippen molar-refractivity contribution >= 4 is 22.6 Å². The van der Waals surface area contributed by atoms with E-state index in [4.69, 9.17) is 5.73 Å². The number of aromatic nitrogens is 3. The van der Waals surface area contributed by atoms with E-state index in [-0.39, 0.29) is 5.56 Å². The summed E-state index contributed by atoms with van der Waals surface area (Å²) in [6.45, 7) is 4.38. The van der Waals surface area contributed by atoms with Gasteiger partial charge in [0.05, 0.1) is 11.1 Å². The Morgan fingerprint density at radius 3 is 2.66 bits per heavy atom. The molecule has 0 radical (unpaired) electrons. The second-order valence-corrected chi connectivity index (χ2v) is 6.91. The zero-order chi connectivity index (χ0) is 20.5. The van der Waals surface area contributed by atoms with Gasteiger partial charge in [0.15, 0.2) is 0 Å². The lowest BCUT2D eigenvalue weighted by Gasteiger charge is -2.12. The third-order valence-corrected chi connectivity index (χ3v) is 4.80. The van der Waals surface area contributed by atoms with Gasteiger partial charge in [-0.05, 0) is 37.6 Å². The standard InChI is InChI=1S/C22H20FN5O/c1-13-11-26-22(27-21(13)25-12-15-6-4-3-5-7-15)28-14(2)8-17-18(20(24)29)9-16(23)10-19(17)28/h3-11H,12H2,1-2H3,(H2,24,29)(H,25,26,27). The van der Waals surface area contributed by atoms with Crippen LogP contribution in [0.1, 0.15) is 27.2 Å². The number of carbonyl (C=O) groups is 1. The molecule has 0 saturated heterocycles. The molecule has 0 atom stereocenters. The van der Waals surface area contributed by atoms with E-state index < -0.39 is 11.7 Å². The minimum atomic E-state index is -0.679. The number of amides is 1. The topological polar surface area (TPSA) is 85.8 Å². The van der Waals surface area contributed by atoms with Crippen molar-refractivity contribution in [3.8, 4) is 5.95 Å². The summed E-state index contributed by atoms with van der Waals surface area (Å²) in [5.41, 5.74) is 8.85. The molecular formula is C22H20FN5O. The highest BCUT2D eigenvalue weighted by Crippen LogP contribution is 2.27. The van der Waals surface area contributed by atoms with Crippen LogP contribution in [0.5, 0.6) is 0 Å². The van der Waals surface area contributed by atoms with Crippen molar-refractivity contribution in [2.45, 2.75) is 20.4 Å². The molecule has 7 heteroatoms. The summed E-state index contributed by atoms with van der Waals surface area (Å²) in [5, 5.41) is 3.90. The van der Waals surface area contributed by atoms with E-state index in [0.717, 1.165) is 22.9 Å². The van der Waals surface area contributed by atoms with Crippen molar-refractivity contribution in [3.63, 3.8) is 0 Å². The molecule has 6 nitrogen and oxygen atoms in total. The number of rotatable bonds is 5. The Morgan fingerprint density at radius 2 is 1.93 bits per heavy atom. The molecule has 0 spiro atoms. The predicted octanol–water partition coefficient (Wildman–Crippen LogP) is 3.89. The van der Waals surface area contributed by atoms with Gasteiger partial charge in [-0.2, -0.15) is 4.98 Å². The number of nitrogens with one attached hydrogen (secondary N) is 1. The number of benzene rings is 2. The molecule has 2 aromatic heterocycles. The third-order valence-electron chi connectivity index (χ3n) is 4.80. The zero-order valence-corrected chi connectivity index (χ0v) is 16.1. The minimum absolute atomic E-state index is 0.136. The van der Waals surface area contributed by atoms with E-state index in [2.05, 4.69) is 15.3 Å². The number of hydrogen-bond donors (Lipinski definition) is 2. The van der Waals surface area contributed by atoms with Crippen LogP contribution in [0, 0.1) is 19.7 Å². The van der Waals surface area contributed by atoms with Gasteiger partial charge in [-0.25, -0.2) is 9.37 Å². The maximum Gasteiger partial charge on any atom is 0.249 e. The average molecular weight is 389 g/mol.